The van der Waals surface area contributed by atoms with Gasteiger partial charge in [0.1, 0.15) is 0 Å². The molecule has 0 aromatic carbocycles. The van der Waals surface area contributed by atoms with Gasteiger partial charge in [-0.1, -0.05) is 26.2 Å². The van der Waals surface area contributed by atoms with Gasteiger partial charge in [-0.3, -0.25) is 4.79 Å². The van der Waals surface area contributed by atoms with Crippen LogP contribution in [0.5, 0.6) is 0 Å². The molecular weight excluding hydrogens is 270 g/mol. The molecule has 2 aliphatic rings. The molecule has 2 rings (SSSR count). The van der Waals surface area contributed by atoms with Crippen LogP contribution in [0.1, 0.15) is 39.0 Å². The average Bonchev–Trinajstić information content (AvgIpc) is 3.30. The summed E-state index contributed by atoms with van der Waals surface area (Å²) in [5.74, 6) is 0.680. The summed E-state index contributed by atoms with van der Waals surface area (Å²) >= 11 is 0. The molecule has 1 aliphatic heterocycles. The highest BCUT2D eigenvalue weighted by Crippen LogP contribution is 2.33. The lowest BCUT2D eigenvalue weighted by Crippen LogP contribution is -2.54. The topological polar surface area (TPSA) is 75.9 Å². The lowest BCUT2D eigenvalue weighted by molar-refractivity contribution is -0.134. The smallest absolute Gasteiger partial charge is 0.409 e. The van der Waals surface area contributed by atoms with E-state index in [-0.39, 0.29) is 18.0 Å². The Morgan fingerprint density at radius 3 is 2.38 bits per heavy atom. The molecule has 0 unspecified atom stereocenters. The number of nitrogens with zero attached hydrogens (tertiary/aromatic N) is 2. The van der Waals surface area contributed by atoms with Gasteiger partial charge < -0.3 is 20.3 Å². The van der Waals surface area contributed by atoms with E-state index in [4.69, 9.17) is 10.5 Å². The predicted octanol–water partition coefficient (Wildman–Crippen LogP) is 1.19. The molecule has 0 radical (unpaired) electrons. The Morgan fingerprint density at radius 2 is 1.81 bits per heavy atom. The van der Waals surface area contributed by atoms with Crippen LogP contribution >= 0.6 is 0 Å². The van der Waals surface area contributed by atoms with Crippen molar-refractivity contribution in [2.45, 2.75) is 45.1 Å². The van der Waals surface area contributed by atoms with Gasteiger partial charge >= 0.3 is 6.09 Å². The summed E-state index contributed by atoms with van der Waals surface area (Å²) in [4.78, 5) is 27.5. The number of piperazine rings is 1. The van der Waals surface area contributed by atoms with Gasteiger partial charge in [-0.05, 0) is 18.8 Å². The number of rotatable bonds is 6. The molecule has 6 heteroatoms. The minimum atomic E-state index is -0.374. The Hall–Kier alpha value is -1.30. The molecule has 1 aliphatic carbocycles. The van der Waals surface area contributed by atoms with Crippen LogP contribution in [0.2, 0.25) is 0 Å². The molecule has 1 saturated carbocycles. The maximum absolute atomic E-state index is 12.2. The number of nitrogens with two attached hydrogens (primary N) is 1. The van der Waals surface area contributed by atoms with Crippen molar-refractivity contribution in [2.24, 2.45) is 11.7 Å². The molecule has 0 aromatic heterocycles. The summed E-state index contributed by atoms with van der Waals surface area (Å²) in [5.41, 5.74) is 5.97. The van der Waals surface area contributed by atoms with Crippen molar-refractivity contribution in [1.29, 1.82) is 0 Å². The van der Waals surface area contributed by atoms with Gasteiger partial charge in [0.2, 0.25) is 5.91 Å². The van der Waals surface area contributed by atoms with Crippen molar-refractivity contribution in [3.63, 3.8) is 0 Å². The number of carbonyl (C=O) groups is 2. The zero-order valence-corrected chi connectivity index (χ0v) is 12.9. The van der Waals surface area contributed by atoms with Gasteiger partial charge in [-0.2, -0.15) is 0 Å². The van der Waals surface area contributed by atoms with Crippen LogP contribution in [0, 0.1) is 5.92 Å². The minimum Gasteiger partial charge on any atom is -0.449 e. The van der Waals surface area contributed by atoms with Crippen molar-refractivity contribution >= 4 is 12.0 Å². The van der Waals surface area contributed by atoms with Crippen LogP contribution in [0.25, 0.3) is 0 Å². The first-order valence-corrected chi connectivity index (χ1v) is 8.08. The molecule has 2 amide bonds. The van der Waals surface area contributed by atoms with E-state index in [0.29, 0.717) is 38.7 Å². The van der Waals surface area contributed by atoms with E-state index in [9.17, 15) is 9.59 Å². The number of unbranched alkanes of at least 4 members (excludes halogenated alkanes) is 1. The van der Waals surface area contributed by atoms with Crippen LogP contribution < -0.4 is 5.73 Å². The molecule has 0 spiro atoms. The number of ether oxygens (including phenoxy) is 1. The molecule has 120 valence electrons. The van der Waals surface area contributed by atoms with E-state index in [1.54, 1.807) is 9.80 Å². The molecule has 2 fully saturated rings. The molecular formula is C15H27N3O3. The second kappa shape index (κ2) is 7.64. The fraction of sp³-hybridized carbons (Fsp3) is 0.867. The predicted molar refractivity (Wildman–Crippen MR) is 79.7 cm³/mol. The van der Waals surface area contributed by atoms with Gasteiger partial charge in [0, 0.05) is 26.2 Å². The third-order valence-electron chi connectivity index (χ3n) is 4.17. The second-order valence-corrected chi connectivity index (χ2v) is 6.07. The van der Waals surface area contributed by atoms with Crippen LogP contribution in [0.15, 0.2) is 0 Å². The number of amides is 2. The summed E-state index contributed by atoms with van der Waals surface area (Å²) in [6.07, 6.45) is 4.85. The zero-order valence-electron chi connectivity index (χ0n) is 12.9. The van der Waals surface area contributed by atoms with Crippen molar-refractivity contribution in [3.05, 3.63) is 0 Å². The van der Waals surface area contributed by atoms with Crippen LogP contribution in [-0.4, -0.2) is 60.6 Å². The molecule has 2 N–H and O–H groups in total. The fourth-order valence-electron chi connectivity index (χ4n) is 2.55. The summed E-state index contributed by atoms with van der Waals surface area (Å²) < 4.78 is 5.18. The minimum absolute atomic E-state index is 0.0286. The van der Waals surface area contributed by atoms with Gasteiger partial charge in [-0.25, -0.2) is 4.79 Å². The molecule has 21 heavy (non-hydrogen) atoms. The Bertz CT molecular complexity index is 363. The standard InChI is InChI=1S/C15H27N3O3/c1-2-3-10-21-15(20)18-8-6-17(7-9-18)14(19)13(16)11-12-4-5-12/h12-13H,2-11,16H2,1H3/t13-/m0/s1. The number of hydrogen-bond acceptors (Lipinski definition) is 4. The zero-order chi connectivity index (χ0) is 15.2. The first-order chi connectivity index (χ1) is 10.1. The third kappa shape index (κ3) is 4.88. The summed E-state index contributed by atoms with van der Waals surface area (Å²) in [5, 5.41) is 0. The SMILES string of the molecule is CCCCOC(=O)N1CCN(C(=O)[C@@H](N)CC2CC2)CC1. The van der Waals surface area contributed by atoms with E-state index < -0.39 is 0 Å². The van der Waals surface area contributed by atoms with Gasteiger partial charge in [0.15, 0.2) is 0 Å². The average molecular weight is 297 g/mol. The van der Waals surface area contributed by atoms with Gasteiger partial charge in [-0.15, -0.1) is 0 Å². The highest BCUT2D eigenvalue weighted by atomic mass is 16.6. The van der Waals surface area contributed by atoms with Crippen molar-refractivity contribution in [3.8, 4) is 0 Å². The molecule has 0 bridgehead atoms. The Balaban J connectivity index is 1.69. The highest BCUT2D eigenvalue weighted by molar-refractivity contribution is 5.82. The Kier molecular flexibility index (Phi) is 5.85. The van der Waals surface area contributed by atoms with Gasteiger partial charge in [0.25, 0.3) is 0 Å². The number of carbonyl (C=O) groups excluding carboxylic acids is 2. The molecule has 1 atom stereocenters. The first kappa shape index (κ1) is 16.1. The van der Waals surface area contributed by atoms with Crippen LogP contribution in [-0.2, 0) is 9.53 Å². The van der Waals surface area contributed by atoms with Crippen LogP contribution in [0.3, 0.4) is 0 Å². The van der Waals surface area contributed by atoms with Crippen LogP contribution in [0.4, 0.5) is 4.79 Å². The van der Waals surface area contributed by atoms with Crippen molar-refractivity contribution in [2.75, 3.05) is 32.8 Å². The largest absolute Gasteiger partial charge is 0.449 e. The van der Waals surface area contributed by atoms with E-state index in [1.807, 2.05) is 0 Å². The maximum atomic E-state index is 12.2. The van der Waals surface area contributed by atoms with Crippen molar-refractivity contribution < 1.29 is 14.3 Å². The third-order valence-corrected chi connectivity index (χ3v) is 4.17. The quantitative estimate of drug-likeness (QED) is 0.747. The first-order valence-electron chi connectivity index (χ1n) is 8.08. The van der Waals surface area contributed by atoms with E-state index in [1.165, 1.54) is 12.8 Å². The molecule has 6 nitrogen and oxygen atoms in total. The normalized spacial score (nSPS) is 20.3. The van der Waals surface area contributed by atoms with Crippen molar-refractivity contribution in [1.82, 2.24) is 9.80 Å². The molecule has 1 saturated heterocycles. The maximum Gasteiger partial charge on any atom is 0.409 e. The fourth-order valence-corrected chi connectivity index (χ4v) is 2.55. The lowest BCUT2D eigenvalue weighted by Gasteiger charge is -2.35. The molecule has 1 heterocycles. The van der Waals surface area contributed by atoms with E-state index >= 15 is 0 Å². The molecule has 0 aromatic rings. The highest BCUT2D eigenvalue weighted by Gasteiger charge is 2.31. The summed E-state index contributed by atoms with van der Waals surface area (Å²) in [6, 6.07) is -0.374. The Labute approximate surface area is 126 Å². The number of hydrogen-bond donors (Lipinski definition) is 1. The van der Waals surface area contributed by atoms with E-state index in [0.717, 1.165) is 19.3 Å². The lowest BCUT2D eigenvalue weighted by atomic mass is 10.1. The second-order valence-electron chi connectivity index (χ2n) is 6.07. The van der Waals surface area contributed by atoms with Gasteiger partial charge in [0.05, 0.1) is 12.6 Å². The summed E-state index contributed by atoms with van der Waals surface area (Å²) in [7, 11) is 0. The summed E-state index contributed by atoms with van der Waals surface area (Å²) in [6.45, 7) is 4.71. The van der Waals surface area contributed by atoms with E-state index in [2.05, 4.69) is 6.92 Å². The monoisotopic (exact) mass is 297 g/mol. The Morgan fingerprint density at radius 1 is 1.19 bits per heavy atom.